The lowest BCUT2D eigenvalue weighted by Crippen LogP contribution is -2.48. The molecule has 0 aliphatic heterocycles. The highest BCUT2D eigenvalue weighted by Gasteiger charge is 2.26. The number of esters is 1. The van der Waals surface area contributed by atoms with E-state index in [1.807, 2.05) is 19.6 Å². The van der Waals surface area contributed by atoms with E-state index in [2.05, 4.69) is 16.8 Å². The maximum atomic E-state index is 11.8. The van der Waals surface area contributed by atoms with Crippen LogP contribution in [0.5, 0.6) is 0 Å². The molecular formula is C15H27NO5Si. The summed E-state index contributed by atoms with van der Waals surface area (Å²) in [5.74, 6) is 2.32. The van der Waals surface area contributed by atoms with Gasteiger partial charge in [0, 0.05) is 6.92 Å². The Bertz CT molecular complexity index is 453. The van der Waals surface area contributed by atoms with Crippen molar-refractivity contribution in [3.05, 3.63) is 0 Å². The molecule has 0 radical (unpaired) electrons. The average Bonchev–Trinajstić information content (AvgIpc) is 2.27. The van der Waals surface area contributed by atoms with Crippen molar-refractivity contribution >= 4 is 20.1 Å². The molecule has 0 saturated heterocycles. The standard InChI is InChI=1S/C15H27NO5Si/c1-11(18)20-13(8-9-22(5,6)7)12(10-17)16-14(19)21-15(2,3)4/h12-13,17H,10H2,1-7H3,(H,16,19)/t12-,13-/m1/s1. The molecule has 0 aromatic carbocycles. The lowest BCUT2D eigenvalue weighted by molar-refractivity contribution is -0.145. The van der Waals surface area contributed by atoms with Gasteiger partial charge in [-0.15, -0.1) is 5.54 Å². The van der Waals surface area contributed by atoms with Gasteiger partial charge in [0.2, 0.25) is 0 Å². The summed E-state index contributed by atoms with van der Waals surface area (Å²) in [7, 11) is -1.69. The molecule has 0 aromatic heterocycles. The van der Waals surface area contributed by atoms with Gasteiger partial charge in [-0.2, -0.15) is 0 Å². The molecule has 7 heteroatoms. The maximum Gasteiger partial charge on any atom is 0.408 e. The number of hydrogen-bond acceptors (Lipinski definition) is 5. The van der Waals surface area contributed by atoms with Gasteiger partial charge in [-0.1, -0.05) is 25.6 Å². The van der Waals surface area contributed by atoms with Crippen molar-refractivity contribution in [1.82, 2.24) is 5.32 Å². The van der Waals surface area contributed by atoms with Crippen LogP contribution in [0.3, 0.4) is 0 Å². The third kappa shape index (κ3) is 10.2. The molecule has 0 spiro atoms. The second-order valence-electron chi connectivity index (χ2n) is 6.98. The molecule has 0 heterocycles. The predicted octanol–water partition coefficient (Wildman–Crippen LogP) is 1.68. The highest BCUT2D eigenvalue weighted by molar-refractivity contribution is 6.83. The van der Waals surface area contributed by atoms with Crippen LogP contribution < -0.4 is 5.32 Å². The number of hydrogen-bond donors (Lipinski definition) is 2. The maximum absolute atomic E-state index is 11.8. The third-order valence-electron chi connectivity index (χ3n) is 2.15. The van der Waals surface area contributed by atoms with Gasteiger partial charge in [0.25, 0.3) is 0 Å². The fourth-order valence-corrected chi connectivity index (χ4v) is 1.93. The molecule has 0 saturated carbocycles. The Labute approximate surface area is 133 Å². The highest BCUT2D eigenvalue weighted by Crippen LogP contribution is 2.08. The Hall–Kier alpha value is -1.52. The van der Waals surface area contributed by atoms with Gasteiger partial charge < -0.3 is 19.9 Å². The molecule has 0 bridgehead atoms. The molecule has 0 unspecified atom stereocenters. The van der Waals surface area contributed by atoms with Crippen LogP contribution in [0.15, 0.2) is 0 Å². The van der Waals surface area contributed by atoms with Crippen LogP contribution in [-0.4, -0.2) is 49.6 Å². The summed E-state index contributed by atoms with van der Waals surface area (Å²) in [6.07, 6.45) is -1.61. The van der Waals surface area contributed by atoms with E-state index in [1.54, 1.807) is 20.8 Å². The van der Waals surface area contributed by atoms with E-state index in [1.165, 1.54) is 6.92 Å². The smallest absolute Gasteiger partial charge is 0.408 e. The summed E-state index contributed by atoms with van der Waals surface area (Å²) in [5.41, 5.74) is 2.41. The fourth-order valence-electron chi connectivity index (χ4n) is 1.35. The van der Waals surface area contributed by atoms with E-state index >= 15 is 0 Å². The minimum absolute atomic E-state index is 0.419. The zero-order valence-electron chi connectivity index (χ0n) is 14.4. The lowest BCUT2D eigenvalue weighted by Gasteiger charge is -2.25. The van der Waals surface area contributed by atoms with Gasteiger partial charge in [0.1, 0.15) is 19.7 Å². The predicted molar refractivity (Wildman–Crippen MR) is 86.9 cm³/mol. The van der Waals surface area contributed by atoms with Gasteiger partial charge in [-0.05, 0) is 20.8 Å². The first-order chi connectivity index (χ1) is 9.84. The van der Waals surface area contributed by atoms with Crippen molar-refractivity contribution in [3.8, 4) is 11.5 Å². The minimum atomic E-state index is -1.69. The van der Waals surface area contributed by atoms with Crippen LogP contribution >= 0.6 is 0 Å². The Morgan fingerprint density at radius 3 is 2.18 bits per heavy atom. The molecule has 6 nitrogen and oxygen atoms in total. The number of amides is 1. The molecule has 0 aliphatic carbocycles. The minimum Gasteiger partial charge on any atom is -0.447 e. The van der Waals surface area contributed by atoms with Gasteiger partial charge in [-0.25, -0.2) is 4.79 Å². The molecule has 0 aliphatic rings. The van der Waals surface area contributed by atoms with Crippen LogP contribution in [0.2, 0.25) is 19.6 Å². The zero-order chi connectivity index (χ0) is 17.6. The summed E-state index contributed by atoms with van der Waals surface area (Å²) in [6, 6.07) is -0.845. The van der Waals surface area contributed by atoms with Crippen molar-refractivity contribution < 1.29 is 24.2 Å². The first-order valence-electron chi connectivity index (χ1n) is 7.14. The Kier molecular flexibility index (Phi) is 7.63. The number of ether oxygens (including phenoxy) is 2. The van der Waals surface area contributed by atoms with Crippen LogP contribution in [0.25, 0.3) is 0 Å². The quantitative estimate of drug-likeness (QED) is 0.466. The van der Waals surface area contributed by atoms with Crippen molar-refractivity contribution in [2.75, 3.05) is 6.61 Å². The van der Waals surface area contributed by atoms with Gasteiger partial charge in [-0.3, -0.25) is 4.79 Å². The Balaban J connectivity index is 5.09. The summed E-state index contributed by atoms with van der Waals surface area (Å²) in [4.78, 5) is 23.0. The van der Waals surface area contributed by atoms with Crippen molar-refractivity contribution in [3.63, 3.8) is 0 Å². The first-order valence-corrected chi connectivity index (χ1v) is 10.6. The number of alkyl carbamates (subject to hydrolysis) is 1. The molecule has 22 heavy (non-hydrogen) atoms. The number of rotatable bonds is 4. The molecule has 0 rings (SSSR count). The molecule has 2 atom stereocenters. The summed E-state index contributed by atoms with van der Waals surface area (Å²) in [6.45, 7) is 12.2. The average molecular weight is 329 g/mol. The largest absolute Gasteiger partial charge is 0.447 e. The van der Waals surface area contributed by atoms with E-state index in [0.29, 0.717) is 0 Å². The van der Waals surface area contributed by atoms with Gasteiger partial charge in [0.15, 0.2) is 6.10 Å². The lowest BCUT2D eigenvalue weighted by atomic mass is 10.2. The van der Waals surface area contributed by atoms with Gasteiger partial charge >= 0.3 is 12.1 Å². The molecule has 0 fully saturated rings. The molecule has 1 amide bonds. The van der Waals surface area contributed by atoms with Crippen molar-refractivity contribution in [2.24, 2.45) is 0 Å². The van der Waals surface area contributed by atoms with Crippen LogP contribution in [0.4, 0.5) is 4.79 Å². The van der Waals surface area contributed by atoms with E-state index < -0.39 is 44.5 Å². The van der Waals surface area contributed by atoms with Crippen molar-refractivity contribution in [2.45, 2.75) is 65.1 Å². The molecular weight excluding hydrogens is 302 g/mol. The number of nitrogens with one attached hydrogen (secondary N) is 1. The number of carbonyl (C=O) groups excluding carboxylic acids is 2. The van der Waals surface area contributed by atoms with Gasteiger partial charge in [0.05, 0.1) is 6.61 Å². The van der Waals surface area contributed by atoms with E-state index in [4.69, 9.17) is 9.47 Å². The fraction of sp³-hybridized carbons (Fsp3) is 0.733. The van der Waals surface area contributed by atoms with E-state index in [0.717, 1.165) is 0 Å². The second kappa shape index (κ2) is 8.20. The normalized spacial score (nSPS) is 14.2. The number of carbonyl (C=O) groups is 2. The SMILES string of the molecule is CC(=O)O[C@H](C#C[Si](C)(C)C)[C@@H](CO)NC(=O)OC(C)(C)C. The zero-order valence-corrected chi connectivity index (χ0v) is 15.4. The number of aliphatic hydroxyl groups excluding tert-OH is 1. The van der Waals surface area contributed by atoms with Crippen LogP contribution in [0, 0.1) is 11.5 Å². The second-order valence-corrected chi connectivity index (χ2v) is 11.7. The Morgan fingerprint density at radius 2 is 1.82 bits per heavy atom. The Morgan fingerprint density at radius 1 is 1.27 bits per heavy atom. The number of aliphatic hydroxyl groups is 1. The van der Waals surface area contributed by atoms with Crippen LogP contribution in [-0.2, 0) is 14.3 Å². The summed E-state index contributed by atoms with van der Waals surface area (Å²) >= 11 is 0. The highest BCUT2D eigenvalue weighted by atomic mass is 28.3. The molecule has 2 N–H and O–H groups in total. The monoisotopic (exact) mass is 329 g/mol. The summed E-state index contributed by atoms with van der Waals surface area (Å²) in [5, 5.41) is 12.0. The van der Waals surface area contributed by atoms with Crippen molar-refractivity contribution in [1.29, 1.82) is 0 Å². The first kappa shape index (κ1) is 20.5. The molecule has 126 valence electrons. The summed E-state index contributed by atoms with van der Waals surface area (Å²) < 4.78 is 10.2. The van der Waals surface area contributed by atoms with E-state index in [9.17, 15) is 14.7 Å². The molecule has 0 aromatic rings. The topological polar surface area (TPSA) is 84.9 Å². The van der Waals surface area contributed by atoms with E-state index in [-0.39, 0.29) is 0 Å². The third-order valence-corrected chi connectivity index (χ3v) is 3.04. The van der Waals surface area contributed by atoms with Crippen LogP contribution in [0.1, 0.15) is 27.7 Å².